The van der Waals surface area contributed by atoms with Crippen LogP contribution in [-0.4, -0.2) is 88.1 Å². The number of imidazole rings is 1. The molecule has 4 heterocycles. The van der Waals surface area contributed by atoms with Gasteiger partial charge in [0.2, 0.25) is 17.7 Å². The van der Waals surface area contributed by atoms with Gasteiger partial charge in [0.05, 0.1) is 31.3 Å². The Morgan fingerprint density at radius 2 is 1.31 bits per heavy atom. The van der Waals surface area contributed by atoms with Gasteiger partial charge in [-0.2, -0.15) is 0 Å². The minimum atomic E-state index is -0.720. The quantitative estimate of drug-likeness (QED) is 0.161. The maximum atomic E-state index is 13.9. The molecule has 2 spiro atoms. The number of carbonyl (C=O) groups is 4. The fraction of sp³-hybridized carbons (Fsp3) is 0.500. The van der Waals surface area contributed by atoms with E-state index < -0.39 is 24.3 Å². The molecule has 0 unspecified atom stereocenters. The molecule has 2 aromatic heterocycles. The summed E-state index contributed by atoms with van der Waals surface area (Å²) in [5, 5.41) is 5.45. The highest BCUT2D eigenvalue weighted by atomic mass is 16.5. The van der Waals surface area contributed by atoms with Gasteiger partial charge in [-0.15, -0.1) is 0 Å². The van der Waals surface area contributed by atoms with Crippen LogP contribution in [0.25, 0.3) is 22.3 Å². The first-order chi connectivity index (χ1) is 27.8. The van der Waals surface area contributed by atoms with Gasteiger partial charge in [0.25, 0.3) is 0 Å². The first-order valence-corrected chi connectivity index (χ1v) is 20.2. The van der Waals surface area contributed by atoms with Crippen molar-refractivity contribution in [1.82, 2.24) is 35.4 Å². The van der Waals surface area contributed by atoms with Crippen molar-refractivity contribution in [3.8, 4) is 23.1 Å². The van der Waals surface area contributed by atoms with Crippen LogP contribution in [0.2, 0.25) is 0 Å². The standard InChI is InChI=1S/C44H51N7O7/c1-25(2)35(48-41(54)56-5)39(52)50-23-43(15-16-43)20-33(50)37-45-30-14-11-28(19-31(30)46-37)8-7-27-9-12-29(13-10-27)32-22-58-38(47-32)34-21-44(17-18-44)24-51(34)40(53)36(26(3)4)49-42(55)57-6/h9-14,19,22,25-26,33-36H,15-18,20-21,23-24H2,1-6H3,(H,45,46)(H,48,54)(H,49,55)/t33-,34-,35-,36-/m0/s1. The molecule has 304 valence electrons. The molecular weight excluding hydrogens is 739 g/mol. The molecule has 0 bridgehead atoms. The molecule has 2 aliphatic carbocycles. The zero-order valence-corrected chi connectivity index (χ0v) is 33.9. The third-order valence-electron chi connectivity index (χ3n) is 12.4. The molecule has 4 amide bonds. The highest BCUT2D eigenvalue weighted by Gasteiger charge is 2.56. The van der Waals surface area contributed by atoms with Crippen molar-refractivity contribution in [1.29, 1.82) is 0 Å². The highest BCUT2D eigenvalue weighted by Crippen LogP contribution is 2.59. The van der Waals surface area contributed by atoms with Crippen LogP contribution in [0.5, 0.6) is 0 Å². The molecule has 2 saturated heterocycles. The number of fused-ring (bicyclic) bond motifs is 1. The Bertz CT molecular complexity index is 2290. The molecule has 4 fully saturated rings. The van der Waals surface area contributed by atoms with E-state index in [0.29, 0.717) is 24.7 Å². The smallest absolute Gasteiger partial charge is 0.407 e. The van der Waals surface area contributed by atoms with Gasteiger partial charge in [-0.25, -0.2) is 19.6 Å². The predicted octanol–water partition coefficient (Wildman–Crippen LogP) is 6.49. The molecule has 4 aliphatic rings. The first-order valence-electron chi connectivity index (χ1n) is 20.2. The Morgan fingerprint density at radius 1 is 0.776 bits per heavy atom. The Hall–Kier alpha value is -5.84. The monoisotopic (exact) mass is 789 g/mol. The van der Waals surface area contributed by atoms with Gasteiger partial charge in [-0.05, 0) is 91.5 Å². The second-order valence-electron chi connectivity index (χ2n) is 17.3. The Labute approximate surface area is 337 Å². The summed E-state index contributed by atoms with van der Waals surface area (Å²) in [4.78, 5) is 68.8. The molecular formula is C44H51N7O7. The van der Waals surface area contributed by atoms with E-state index in [1.807, 2.05) is 80.0 Å². The van der Waals surface area contributed by atoms with E-state index in [-0.39, 0.29) is 46.6 Å². The average molecular weight is 790 g/mol. The molecule has 3 N–H and O–H groups in total. The maximum Gasteiger partial charge on any atom is 0.407 e. The molecule has 4 aromatic rings. The summed E-state index contributed by atoms with van der Waals surface area (Å²) in [5.41, 5.74) is 4.98. The maximum absolute atomic E-state index is 13.9. The van der Waals surface area contributed by atoms with Crippen molar-refractivity contribution < 1.29 is 33.1 Å². The number of aromatic amines is 1. The fourth-order valence-electron chi connectivity index (χ4n) is 8.58. The van der Waals surface area contributed by atoms with Gasteiger partial charge in [-0.1, -0.05) is 51.7 Å². The van der Waals surface area contributed by atoms with Crippen LogP contribution in [0.1, 0.15) is 101 Å². The third kappa shape index (κ3) is 7.74. The Morgan fingerprint density at radius 3 is 1.86 bits per heavy atom. The number of benzene rings is 2. The number of carbonyl (C=O) groups excluding carboxylic acids is 4. The van der Waals surface area contributed by atoms with Crippen LogP contribution in [0.15, 0.2) is 53.1 Å². The number of methoxy groups -OCH3 is 2. The summed E-state index contributed by atoms with van der Waals surface area (Å²) < 4.78 is 15.6. The number of hydrogen-bond acceptors (Lipinski definition) is 9. The van der Waals surface area contributed by atoms with E-state index in [4.69, 9.17) is 23.9 Å². The van der Waals surface area contributed by atoms with Gasteiger partial charge in [-0.3, -0.25) is 9.59 Å². The molecule has 0 radical (unpaired) electrons. The number of hydrogen-bond donors (Lipinski definition) is 3. The second kappa shape index (κ2) is 15.2. The number of rotatable bonds is 9. The zero-order valence-electron chi connectivity index (χ0n) is 33.9. The molecule has 4 atom stereocenters. The van der Waals surface area contributed by atoms with E-state index >= 15 is 0 Å². The van der Waals surface area contributed by atoms with Crippen molar-refractivity contribution in [2.45, 2.75) is 90.4 Å². The number of nitrogens with zero attached hydrogens (tertiary/aromatic N) is 4. The lowest BCUT2D eigenvalue weighted by atomic mass is 10.0. The summed E-state index contributed by atoms with van der Waals surface area (Å²) >= 11 is 0. The van der Waals surface area contributed by atoms with E-state index in [9.17, 15) is 19.2 Å². The topological polar surface area (TPSA) is 172 Å². The minimum Gasteiger partial charge on any atom is -0.453 e. The fourth-order valence-corrected chi connectivity index (χ4v) is 8.58. The molecule has 8 rings (SSSR count). The molecule has 2 saturated carbocycles. The second-order valence-corrected chi connectivity index (χ2v) is 17.3. The highest BCUT2D eigenvalue weighted by molar-refractivity contribution is 5.87. The first kappa shape index (κ1) is 39.0. The minimum absolute atomic E-state index is 0.0755. The molecule has 14 heteroatoms. The molecule has 58 heavy (non-hydrogen) atoms. The van der Waals surface area contributed by atoms with Crippen LogP contribution in [0, 0.1) is 34.5 Å². The van der Waals surface area contributed by atoms with Crippen molar-refractivity contribution in [2.75, 3.05) is 27.3 Å². The van der Waals surface area contributed by atoms with Gasteiger partial charge in [0.15, 0.2) is 0 Å². The number of alkyl carbamates (subject to hydrolysis) is 2. The van der Waals surface area contributed by atoms with Gasteiger partial charge >= 0.3 is 12.2 Å². The lowest BCUT2D eigenvalue weighted by Gasteiger charge is -2.30. The largest absolute Gasteiger partial charge is 0.453 e. The van der Waals surface area contributed by atoms with Crippen molar-refractivity contribution in [2.24, 2.45) is 22.7 Å². The molecule has 2 aliphatic heterocycles. The lowest BCUT2D eigenvalue weighted by molar-refractivity contribution is -0.136. The number of nitrogens with one attached hydrogen (secondary N) is 3. The van der Waals surface area contributed by atoms with Crippen LogP contribution < -0.4 is 10.6 Å². The van der Waals surface area contributed by atoms with Crippen LogP contribution >= 0.6 is 0 Å². The molecule has 2 aromatic carbocycles. The van der Waals surface area contributed by atoms with Crippen molar-refractivity contribution in [3.63, 3.8) is 0 Å². The zero-order chi connectivity index (χ0) is 40.9. The number of ether oxygens (including phenoxy) is 2. The summed E-state index contributed by atoms with van der Waals surface area (Å²) in [6.07, 6.45) is 6.23. The molecule has 14 nitrogen and oxygen atoms in total. The van der Waals surface area contributed by atoms with Crippen LogP contribution in [0.4, 0.5) is 9.59 Å². The van der Waals surface area contributed by atoms with E-state index in [1.165, 1.54) is 14.2 Å². The average Bonchev–Trinajstić information content (AvgIpc) is 3.83. The number of amides is 4. The lowest BCUT2D eigenvalue weighted by Crippen LogP contribution is -2.51. The SMILES string of the molecule is COC(=O)N[C@H](C(=O)N1CC2(CC2)C[C@H]1c1nc2cc(C#Cc3ccc(-c4coc([C@@H]5CC6(CC6)CN5C(=O)[C@@H](NC(=O)OC)C(C)C)n4)cc3)ccc2[nH]1)C(C)C. The van der Waals surface area contributed by atoms with Gasteiger partial charge in [0, 0.05) is 29.8 Å². The van der Waals surface area contributed by atoms with Crippen molar-refractivity contribution >= 4 is 35.0 Å². The summed E-state index contributed by atoms with van der Waals surface area (Å²) in [6.45, 7) is 8.88. The summed E-state index contributed by atoms with van der Waals surface area (Å²) in [6, 6.07) is 11.7. The Balaban J connectivity index is 0.958. The van der Waals surface area contributed by atoms with Gasteiger partial charge < -0.3 is 39.3 Å². The van der Waals surface area contributed by atoms with Crippen molar-refractivity contribution in [3.05, 3.63) is 71.6 Å². The summed E-state index contributed by atoms with van der Waals surface area (Å²) in [7, 11) is 2.59. The van der Waals surface area contributed by atoms with E-state index in [2.05, 4.69) is 27.5 Å². The van der Waals surface area contributed by atoms with Crippen LogP contribution in [-0.2, 0) is 19.1 Å². The third-order valence-corrected chi connectivity index (χ3v) is 12.4. The number of H-pyrrole nitrogens is 1. The predicted molar refractivity (Wildman–Crippen MR) is 214 cm³/mol. The van der Waals surface area contributed by atoms with E-state index in [1.54, 1.807) is 6.26 Å². The van der Waals surface area contributed by atoms with Crippen LogP contribution in [0.3, 0.4) is 0 Å². The number of oxazole rings is 1. The Kier molecular flexibility index (Phi) is 10.2. The van der Waals surface area contributed by atoms with E-state index in [0.717, 1.165) is 72.1 Å². The number of aromatic nitrogens is 3. The summed E-state index contributed by atoms with van der Waals surface area (Å²) in [5.74, 6) is 7.23. The normalized spacial score (nSPS) is 20.9. The van der Waals surface area contributed by atoms with Gasteiger partial charge in [0.1, 0.15) is 35.9 Å². The number of likely N-dealkylation sites (tertiary alicyclic amines) is 2.